The van der Waals surface area contributed by atoms with Gasteiger partial charge in [-0.05, 0) is 35.9 Å². The fourth-order valence-electron chi connectivity index (χ4n) is 2.60. The molecule has 2 aromatic carbocycles. The maximum atomic E-state index is 14.1. The van der Waals surface area contributed by atoms with Gasteiger partial charge in [0.2, 0.25) is 10.0 Å². The lowest BCUT2D eigenvalue weighted by atomic mass is 10.1. The molecule has 0 saturated carbocycles. The van der Waals surface area contributed by atoms with Crippen molar-refractivity contribution in [3.63, 3.8) is 0 Å². The molecule has 0 bridgehead atoms. The molecular weight excluding hydrogens is 414 g/mol. The minimum Gasteiger partial charge on any atom is -0.457 e. The van der Waals surface area contributed by atoms with Crippen molar-refractivity contribution in [1.82, 2.24) is 4.31 Å². The Hall–Kier alpha value is -2.46. The van der Waals surface area contributed by atoms with Crippen LogP contribution in [0, 0.1) is 5.82 Å². The molecule has 0 aliphatic carbocycles. The number of esters is 1. The van der Waals surface area contributed by atoms with E-state index in [1.54, 1.807) is 13.8 Å². The summed E-state index contributed by atoms with van der Waals surface area (Å²) in [7, 11) is -3.93. The average molecular weight is 433 g/mol. The van der Waals surface area contributed by atoms with E-state index in [9.17, 15) is 30.8 Å². The second kappa shape index (κ2) is 8.91. The zero-order valence-electron chi connectivity index (χ0n) is 15.7. The van der Waals surface area contributed by atoms with Crippen molar-refractivity contribution in [1.29, 1.82) is 0 Å². The summed E-state index contributed by atoms with van der Waals surface area (Å²) in [5.41, 5.74) is -1.48. The molecule has 2 rings (SSSR count). The van der Waals surface area contributed by atoms with E-state index in [0.29, 0.717) is 0 Å². The van der Waals surface area contributed by atoms with Gasteiger partial charge < -0.3 is 4.74 Å². The van der Waals surface area contributed by atoms with Gasteiger partial charge in [-0.1, -0.05) is 26.0 Å². The number of hydrogen-bond donors (Lipinski definition) is 0. The van der Waals surface area contributed by atoms with E-state index in [4.69, 9.17) is 4.74 Å². The molecule has 0 aromatic heterocycles. The van der Waals surface area contributed by atoms with Crippen LogP contribution < -0.4 is 0 Å². The summed E-state index contributed by atoms with van der Waals surface area (Å²) in [6.45, 7) is 3.11. The summed E-state index contributed by atoms with van der Waals surface area (Å²) in [4.78, 5) is 11.9. The lowest BCUT2D eigenvalue weighted by Crippen LogP contribution is -2.30. The van der Waals surface area contributed by atoms with Gasteiger partial charge in [-0.3, -0.25) is 0 Å². The van der Waals surface area contributed by atoms with Crippen molar-refractivity contribution < 1.29 is 35.5 Å². The Morgan fingerprint density at radius 2 is 1.72 bits per heavy atom. The highest BCUT2D eigenvalue weighted by molar-refractivity contribution is 7.89. The van der Waals surface area contributed by atoms with Crippen LogP contribution in [0.2, 0.25) is 0 Å². The molecule has 10 heteroatoms. The first-order chi connectivity index (χ1) is 13.5. The summed E-state index contributed by atoms with van der Waals surface area (Å²) in [5, 5.41) is 0. The Bertz CT molecular complexity index is 986. The predicted molar refractivity (Wildman–Crippen MR) is 97.1 cm³/mol. The highest BCUT2D eigenvalue weighted by atomic mass is 32.2. The third-order valence-electron chi connectivity index (χ3n) is 4.13. The van der Waals surface area contributed by atoms with Crippen molar-refractivity contribution in [2.75, 3.05) is 13.1 Å². The van der Waals surface area contributed by atoms with E-state index in [1.807, 2.05) is 0 Å². The summed E-state index contributed by atoms with van der Waals surface area (Å²) in [6, 6.07) is 6.88. The van der Waals surface area contributed by atoms with Crippen molar-refractivity contribution in [3.05, 3.63) is 65.0 Å². The van der Waals surface area contributed by atoms with Crippen molar-refractivity contribution in [2.45, 2.75) is 31.5 Å². The molecule has 0 saturated heterocycles. The van der Waals surface area contributed by atoms with Gasteiger partial charge in [0.15, 0.2) is 0 Å². The first-order valence-corrected chi connectivity index (χ1v) is 10.1. The van der Waals surface area contributed by atoms with Gasteiger partial charge in [-0.25, -0.2) is 17.6 Å². The number of carbonyl (C=O) groups excluding carboxylic acids is 1. The molecule has 29 heavy (non-hydrogen) atoms. The minimum atomic E-state index is -4.56. The number of rotatable bonds is 7. The highest BCUT2D eigenvalue weighted by Crippen LogP contribution is 2.29. The Kier molecular flexibility index (Phi) is 7.02. The Morgan fingerprint density at radius 1 is 1.07 bits per heavy atom. The molecule has 158 valence electrons. The van der Waals surface area contributed by atoms with Gasteiger partial charge in [0.1, 0.15) is 12.4 Å². The SMILES string of the molecule is CCN(CC)S(=O)(=O)c1ccc(F)c(C(=O)OCc2cccc(C(F)(F)F)c2)c1. The van der Waals surface area contributed by atoms with Crippen LogP contribution in [0.3, 0.4) is 0 Å². The summed E-state index contributed by atoms with van der Waals surface area (Å²) >= 11 is 0. The van der Waals surface area contributed by atoms with E-state index < -0.39 is 45.7 Å². The van der Waals surface area contributed by atoms with Crippen molar-refractivity contribution >= 4 is 16.0 Å². The van der Waals surface area contributed by atoms with Gasteiger partial charge in [0.05, 0.1) is 16.0 Å². The Morgan fingerprint density at radius 3 is 2.31 bits per heavy atom. The van der Waals surface area contributed by atoms with E-state index in [2.05, 4.69) is 0 Å². The number of benzene rings is 2. The monoisotopic (exact) mass is 433 g/mol. The van der Waals surface area contributed by atoms with Gasteiger partial charge in [0, 0.05) is 13.1 Å². The predicted octanol–water partition coefficient (Wildman–Crippen LogP) is 4.23. The molecule has 0 amide bonds. The number of hydrogen-bond acceptors (Lipinski definition) is 4. The number of nitrogens with zero attached hydrogens (tertiary/aromatic N) is 1. The van der Waals surface area contributed by atoms with Crippen LogP contribution in [0.1, 0.15) is 35.3 Å². The molecule has 0 aliphatic rings. The Labute approximate surface area is 166 Å². The summed E-state index contributed by atoms with van der Waals surface area (Å²) in [5.74, 6) is -2.19. The normalized spacial score (nSPS) is 12.2. The number of alkyl halides is 3. The standard InChI is InChI=1S/C19H19F4NO4S/c1-3-24(4-2)29(26,27)15-8-9-17(20)16(11-15)18(25)28-12-13-6-5-7-14(10-13)19(21,22)23/h5-11H,3-4,12H2,1-2H3. The second-order valence-corrected chi connectivity index (χ2v) is 7.94. The van der Waals surface area contributed by atoms with E-state index in [1.165, 1.54) is 6.07 Å². The van der Waals surface area contributed by atoms with E-state index in [0.717, 1.165) is 40.7 Å². The molecular formula is C19H19F4NO4S. The maximum Gasteiger partial charge on any atom is 0.416 e. The van der Waals surface area contributed by atoms with Crippen molar-refractivity contribution in [3.8, 4) is 0 Å². The van der Waals surface area contributed by atoms with Crippen LogP contribution in [0.25, 0.3) is 0 Å². The molecule has 2 aromatic rings. The average Bonchev–Trinajstić information content (AvgIpc) is 2.66. The lowest BCUT2D eigenvalue weighted by molar-refractivity contribution is -0.137. The molecule has 0 spiro atoms. The zero-order valence-corrected chi connectivity index (χ0v) is 16.5. The lowest BCUT2D eigenvalue weighted by Gasteiger charge is -2.18. The van der Waals surface area contributed by atoms with Gasteiger partial charge >= 0.3 is 12.1 Å². The van der Waals surface area contributed by atoms with Crippen LogP contribution in [-0.2, 0) is 27.5 Å². The van der Waals surface area contributed by atoms with Gasteiger partial charge in [-0.15, -0.1) is 0 Å². The van der Waals surface area contributed by atoms with Crippen LogP contribution in [-0.4, -0.2) is 31.8 Å². The third-order valence-corrected chi connectivity index (χ3v) is 6.17. The molecule has 5 nitrogen and oxygen atoms in total. The number of carbonyl (C=O) groups is 1. The van der Waals surface area contributed by atoms with Crippen LogP contribution in [0.4, 0.5) is 17.6 Å². The number of sulfonamides is 1. The number of ether oxygens (including phenoxy) is 1. The van der Waals surface area contributed by atoms with Gasteiger partial charge in [0.25, 0.3) is 0 Å². The third kappa shape index (κ3) is 5.33. The smallest absolute Gasteiger partial charge is 0.416 e. The summed E-state index contributed by atoms with van der Waals surface area (Å²) < 4.78 is 83.4. The van der Waals surface area contributed by atoms with E-state index >= 15 is 0 Å². The zero-order chi connectivity index (χ0) is 21.8. The first-order valence-electron chi connectivity index (χ1n) is 8.63. The fraction of sp³-hybridized carbons (Fsp3) is 0.316. The molecule has 0 unspecified atom stereocenters. The topological polar surface area (TPSA) is 63.7 Å². The molecule has 0 N–H and O–H groups in total. The maximum absolute atomic E-state index is 14.1. The van der Waals surface area contributed by atoms with E-state index in [-0.39, 0.29) is 23.5 Å². The quantitative estimate of drug-likeness (QED) is 0.484. The number of halogens is 4. The summed E-state index contributed by atoms with van der Waals surface area (Å²) in [6.07, 6.45) is -4.56. The molecule has 0 heterocycles. The highest BCUT2D eigenvalue weighted by Gasteiger charge is 2.30. The molecule has 0 atom stereocenters. The van der Waals surface area contributed by atoms with Gasteiger partial charge in [-0.2, -0.15) is 17.5 Å². The largest absolute Gasteiger partial charge is 0.457 e. The van der Waals surface area contributed by atoms with Crippen LogP contribution in [0.15, 0.2) is 47.4 Å². The molecule has 0 radical (unpaired) electrons. The Balaban J connectivity index is 2.24. The van der Waals surface area contributed by atoms with Crippen molar-refractivity contribution in [2.24, 2.45) is 0 Å². The van der Waals surface area contributed by atoms with Crippen LogP contribution in [0.5, 0.6) is 0 Å². The fourth-order valence-corrected chi connectivity index (χ4v) is 4.08. The second-order valence-electron chi connectivity index (χ2n) is 6.01. The minimum absolute atomic E-state index is 0.0560. The first kappa shape index (κ1) is 22.8. The van der Waals surface area contributed by atoms with Crippen LogP contribution >= 0.6 is 0 Å². The molecule has 0 fully saturated rings. The molecule has 0 aliphatic heterocycles.